The molecule has 0 aliphatic carbocycles. The van der Waals surface area contributed by atoms with E-state index in [1.54, 1.807) is 24.0 Å². The molecule has 1 N–H and O–H groups in total. The van der Waals surface area contributed by atoms with Crippen LogP contribution in [-0.2, 0) is 17.5 Å². The number of amides is 1. The van der Waals surface area contributed by atoms with Gasteiger partial charge in [-0.05, 0) is 49.6 Å². The monoisotopic (exact) mass is 427 g/mol. The van der Waals surface area contributed by atoms with Crippen LogP contribution in [0.3, 0.4) is 0 Å². The molecule has 1 atom stereocenters. The Hall–Kier alpha value is -2.71. The number of nitrogens with one attached hydrogen (secondary N) is 1. The van der Waals surface area contributed by atoms with Crippen molar-refractivity contribution in [1.29, 1.82) is 0 Å². The summed E-state index contributed by atoms with van der Waals surface area (Å²) in [5, 5.41) is 3.79. The van der Waals surface area contributed by atoms with Crippen LogP contribution in [0.2, 0.25) is 0 Å². The predicted molar refractivity (Wildman–Crippen MR) is 115 cm³/mol. The fraction of sp³-hybridized carbons (Fsp3) is 0.364. The van der Waals surface area contributed by atoms with Crippen molar-refractivity contribution in [3.8, 4) is 5.75 Å². The summed E-state index contributed by atoms with van der Waals surface area (Å²) in [4.78, 5) is 17.0. The quantitative estimate of drug-likeness (QED) is 0.536. The van der Waals surface area contributed by atoms with Crippen LogP contribution in [0.5, 0.6) is 5.75 Å². The van der Waals surface area contributed by atoms with E-state index in [1.165, 1.54) is 0 Å². The van der Waals surface area contributed by atoms with E-state index in [1.807, 2.05) is 49.0 Å². The Kier molecular flexibility index (Phi) is 6.44. The second-order valence-corrected chi connectivity index (χ2v) is 8.22. The van der Waals surface area contributed by atoms with Crippen LogP contribution in [0, 0.1) is 6.92 Å². The molecular formula is C22H25N3O4S. The molecule has 1 saturated heterocycles. The average Bonchev–Trinajstić information content (AvgIpc) is 3.49. The van der Waals surface area contributed by atoms with Crippen LogP contribution in [0.4, 0.5) is 5.69 Å². The van der Waals surface area contributed by atoms with E-state index in [2.05, 4.69) is 10.3 Å². The number of carbonyl (C=O) groups is 1. The zero-order chi connectivity index (χ0) is 20.9. The van der Waals surface area contributed by atoms with Crippen molar-refractivity contribution < 1.29 is 18.7 Å². The average molecular weight is 428 g/mol. The lowest BCUT2D eigenvalue weighted by molar-refractivity contribution is 0.0681. The van der Waals surface area contributed by atoms with Crippen molar-refractivity contribution in [3.05, 3.63) is 59.8 Å². The van der Waals surface area contributed by atoms with Crippen LogP contribution < -0.4 is 10.1 Å². The predicted octanol–water partition coefficient (Wildman–Crippen LogP) is 4.42. The van der Waals surface area contributed by atoms with Gasteiger partial charge in [0.05, 0.1) is 17.5 Å². The summed E-state index contributed by atoms with van der Waals surface area (Å²) in [7, 11) is 1.94. The lowest BCUT2D eigenvalue weighted by Crippen LogP contribution is -2.18. The number of thioether (sulfide) groups is 1. The molecule has 0 saturated carbocycles. The van der Waals surface area contributed by atoms with Gasteiger partial charge in [-0.15, -0.1) is 0 Å². The molecule has 1 unspecified atom stereocenters. The lowest BCUT2D eigenvalue weighted by atomic mass is 10.2. The van der Waals surface area contributed by atoms with Crippen molar-refractivity contribution in [1.82, 2.24) is 9.55 Å². The number of hydrogen-bond donors (Lipinski definition) is 1. The first-order valence-electron chi connectivity index (χ1n) is 9.94. The Morgan fingerprint density at radius 3 is 3.03 bits per heavy atom. The molecule has 158 valence electrons. The summed E-state index contributed by atoms with van der Waals surface area (Å²) in [6.07, 6.45) is 5.81. The van der Waals surface area contributed by atoms with E-state index in [9.17, 15) is 4.79 Å². The molecule has 1 aliphatic heterocycles. The van der Waals surface area contributed by atoms with E-state index >= 15 is 0 Å². The Labute approximate surface area is 179 Å². The number of hydrogen-bond acceptors (Lipinski definition) is 6. The molecule has 4 rings (SSSR count). The van der Waals surface area contributed by atoms with E-state index in [0.717, 1.165) is 30.2 Å². The van der Waals surface area contributed by atoms with Crippen LogP contribution in [0.25, 0.3) is 0 Å². The van der Waals surface area contributed by atoms with Gasteiger partial charge < -0.3 is 23.8 Å². The number of imidazole rings is 1. The van der Waals surface area contributed by atoms with Gasteiger partial charge in [-0.1, -0.05) is 17.8 Å². The number of anilines is 1. The lowest BCUT2D eigenvalue weighted by Gasteiger charge is -2.15. The summed E-state index contributed by atoms with van der Waals surface area (Å²) in [5.41, 5.74) is 1.67. The summed E-state index contributed by atoms with van der Waals surface area (Å²) in [6.45, 7) is 3.24. The number of ether oxygens (including phenoxy) is 2. The SMILES string of the molecule is Cc1ccc(NC(=O)c2ccc(CSc3nccn3C)o2)c(OCC2CCCO2)c1. The fourth-order valence-electron chi connectivity index (χ4n) is 3.20. The highest BCUT2D eigenvalue weighted by atomic mass is 32.2. The first-order chi connectivity index (χ1) is 14.6. The van der Waals surface area contributed by atoms with Crippen molar-refractivity contribution in [2.24, 2.45) is 7.05 Å². The molecule has 1 fully saturated rings. The molecule has 3 aromatic rings. The molecule has 30 heavy (non-hydrogen) atoms. The third-order valence-electron chi connectivity index (χ3n) is 4.84. The van der Waals surface area contributed by atoms with E-state index < -0.39 is 0 Å². The highest BCUT2D eigenvalue weighted by Gasteiger charge is 2.18. The summed E-state index contributed by atoms with van der Waals surface area (Å²) < 4.78 is 19.2. The minimum atomic E-state index is -0.311. The maximum Gasteiger partial charge on any atom is 0.291 e. The van der Waals surface area contributed by atoms with Crippen LogP contribution >= 0.6 is 11.8 Å². The molecule has 1 aromatic carbocycles. The number of aryl methyl sites for hydroxylation is 2. The Bertz CT molecular complexity index is 1010. The molecule has 3 heterocycles. The molecule has 2 aromatic heterocycles. The second-order valence-electron chi connectivity index (χ2n) is 7.28. The van der Waals surface area contributed by atoms with Crippen molar-refractivity contribution >= 4 is 23.4 Å². The standard InChI is InChI=1S/C22H25N3O4S/c1-15-5-7-18(20(12-15)28-13-16-4-3-11-27-16)24-21(26)19-8-6-17(29-19)14-30-22-23-9-10-25(22)2/h5-10,12,16H,3-4,11,13-14H2,1-2H3,(H,24,26). The Balaban J connectivity index is 1.38. The van der Waals surface area contributed by atoms with Gasteiger partial charge in [-0.3, -0.25) is 4.79 Å². The molecule has 0 spiro atoms. The number of furan rings is 1. The third-order valence-corrected chi connectivity index (χ3v) is 5.92. The van der Waals surface area contributed by atoms with Crippen LogP contribution in [0.1, 0.15) is 34.7 Å². The van der Waals surface area contributed by atoms with Gasteiger partial charge in [-0.2, -0.15) is 0 Å². The van der Waals surface area contributed by atoms with Gasteiger partial charge in [-0.25, -0.2) is 4.98 Å². The maximum atomic E-state index is 12.7. The summed E-state index contributed by atoms with van der Waals surface area (Å²) in [6, 6.07) is 9.20. The molecule has 1 amide bonds. The van der Waals surface area contributed by atoms with Crippen LogP contribution in [0.15, 0.2) is 52.3 Å². The normalized spacial score (nSPS) is 16.0. The molecule has 7 nitrogen and oxygen atoms in total. The molecule has 0 bridgehead atoms. The van der Waals surface area contributed by atoms with E-state index in [4.69, 9.17) is 13.9 Å². The highest BCUT2D eigenvalue weighted by Crippen LogP contribution is 2.28. The van der Waals surface area contributed by atoms with Gasteiger partial charge >= 0.3 is 0 Å². The van der Waals surface area contributed by atoms with Gasteiger partial charge in [0.1, 0.15) is 18.1 Å². The molecule has 8 heteroatoms. The van der Waals surface area contributed by atoms with E-state index in [0.29, 0.717) is 29.6 Å². The number of aromatic nitrogens is 2. The number of benzene rings is 1. The fourth-order valence-corrected chi connectivity index (χ4v) is 4.03. The van der Waals surface area contributed by atoms with Gasteiger partial charge in [0.25, 0.3) is 5.91 Å². The van der Waals surface area contributed by atoms with Crippen molar-refractivity contribution in [2.45, 2.75) is 36.8 Å². The Morgan fingerprint density at radius 2 is 2.27 bits per heavy atom. The number of carbonyl (C=O) groups excluding carboxylic acids is 1. The van der Waals surface area contributed by atoms with Gasteiger partial charge in [0.2, 0.25) is 0 Å². The molecule has 0 radical (unpaired) electrons. The smallest absolute Gasteiger partial charge is 0.291 e. The van der Waals surface area contributed by atoms with Crippen LogP contribution in [-0.4, -0.2) is 34.8 Å². The first kappa shape index (κ1) is 20.6. The minimum absolute atomic E-state index is 0.109. The van der Waals surface area contributed by atoms with E-state index in [-0.39, 0.29) is 17.8 Å². The summed E-state index contributed by atoms with van der Waals surface area (Å²) >= 11 is 1.55. The van der Waals surface area contributed by atoms with Crippen molar-refractivity contribution in [3.63, 3.8) is 0 Å². The topological polar surface area (TPSA) is 78.5 Å². The zero-order valence-corrected chi connectivity index (χ0v) is 17.9. The molecular weight excluding hydrogens is 402 g/mol. The van der Waals surface area contributed by atoms with Crippen molar-refractivity contribution in [2.75, 3.05) is 18.5 Å². The number of nitrogens with zero attached hydrogens (tertiary/aromatic N) is 2. The largest absolute Gasteiger partial charge is 0.489 e. The molecule has 1 aliphatic rings. The zero-order valence-electron chi connectivity index (χ0n) is 17.1. The highest BCUT2D eigenvalue weighted by molar-refractivity contribution is 7.98. The Morgan fingerprint density at radius 1 is 1.37 bits per heavy atom. The summed E-state index contributed by atoms with van der Waals surface area (Å²) in [5.74, 6) is 1.89. The third kappa shape index (κ3) is 5.06. The maximum absolute atomic E-state index is 12.7. The first-order valence-corrected chi connectivity index (χ1v) is 10.9. The minimum Gasteiger partial charge on any atom is -0.489 e. The second kappa shape index (κ2) is 9.40. The van der Waals surface area contributed by atoms with Gasteiger partial charge in [0, 0.05) is 26.0 Å². The van der Waals surface area contributed by atoms with Gasteiger partial charge in [0.15, 0.2) is 10.9 Å². The number of rotatable bonds is 8.